The van der Waals surface area contributed by atoms with E-state index >= 15 is 0 Å². The van der Waals surface area contributed by atoms with E-state index in [-0.39, 0.29) is 28.6 Å². The molecule has 0 aliphatic rings. The average Bonchev–Trinajstić information content (AvgIpc) is 2.49. The van der Waals surface area contributed by atoms with E-state index in [1.807, 2.05) is 0 Å². The summed E-state index contributed by atoms with van der Waals surface area (Å²) in [4.78, 5) is 12.1. The molecule has 0 heterocycles. The second kappa shape index (κ2) is 6.95. The summed E-state index contributed by atoms with van der Waals surface area (Å²) in [6, 6.07) is 8.90. The predicted molar refractivity (Wildman–Crippen MR) is 85.9 cm³/mol. The summed E-state index contributed by atoms with van der Waals surface area (Å²) in [6.45, 7) is 3.73. The van der Waals surface area contributed by atoms with E-state index in [0.29, 0.717) is 5.69 Å². The van der Waals surface area contributed by atoms with Crippen LogP contribution < -0.4 is 15.8 Å². The van der Waals surface area contributed by atoms with Crippen molar-refractivity contribution in [3.05, 3.63) is 65.5 Å². The number of nitrogens with one attached hydrogen (secondary N) is 1. The summed E-state index contributed by atoms with van der Waals surface area (Å²) in [5.74, 6) is -0.938. The molecule has 6 heteroatoms. The van der Waals surface area contributed by atoms with Gasteiger partial charge in [-0.25, -0.2) is 4.39 Å². The summed E-state index contributed by atoms with van der Waals surface area (Å²) in [7, 11) is 0. The Morgan fingerprint density at radius 3 is 2.82 bits per heavy atom. The summed E-state index contributed by atoms with van der Waals surface area (Å²) in [5.41, 5.74) is 6.23. The highest BCUT2D eigenvalue weighted by atomic mass is 35.5. The summed E-state index contributed by atoms with van der Waals surface area (Å²) in [6.07, 6.45) is 1.53. The standard InChI is InChI=1S/C16H14ClFN2O2/c1-2-7-22-15-9-14(12(18)8-11(15)17)20-16(21)10-5-3-4-6-13(10)19/h2-6,8-9H,1,7,19H2,(H,20,21). The van der Waals surface area contributed by atoms with E-state index in [0.717, 1.165) is 6.07 Å². The number of carbonyl (C=O) groups is 1. The lowest BCUT2D eigenvalue weighted by molar-refractivity contribution is 0.102. The van der Waals surface area contributed by atoms with E-state index in [4.69, 9.17) is 22.1 Å². The van der Waals surface area contributed by atoms with Crippen LogP contribution in [0, 0.1) is 5.82 Å². The highest BCUT2D eigenvalue weighted by Crippen LogP contribution is 2.31. The van der Waals surface area contributed by atoms with Gasteiger partial charge in [-0.1, -0.05) is 36.4 Å². The lowest BCUT2D eigenvalue weighted by atomic mass is 10.1. The third-order valence-corrected chi connectivity index (χ3v) is 3.13. The Bertz CT molecular complexity index is 719. The molecule has 22 heavy (non-hydrogen) atoms. The van der Waals surface area contributed by atoms with Crippen LogP contribution in [0.2, 0.25) is 5.02 Å². The first-order valence-corrected chi connectivity index (χ1v) is 6.79. The molecular formula is C16H14ClFN2O2. The van der Waals surface area contributed by atoms with Crippen LogP contribution >= 0.6 is 11.6 Å². The maximum Gasteiger partial charge on any atom is 0.257 e. The number of ether oxygens (including phenoxy) is 1. The number of nitrogen functional groups attached to an aromatic ring is 1. The zero-order chi connectivity index (χ0) is 16.1. The van der Waals surface area contributed by atoms with E-state index in [1.165, 1.54) is 12.1 Å². The molecule has 0 unspecified atom stereocenters. The van der Waals surface area contributed by atoms with Gasteiger partial charge in [0.1, 0.15) is 18.2 Å². The fourth-order valence-corrected chi connectivity index (χ4v) is 1.98. The molecule has 0 saturated carbocycles. The smallest absolute Gasteiger partial charge is 0.257 e. The minimum absolute atomic E-state index is 0.0447. The molecule has 0 aliphatic heterocycles. The monoisotopic (exact) mass is 320 g/mol. The molecule has 3 N–H and O–H groups in total. The number of anilines is 2. The maximum absolute atomic E-state index is 13.9. The molecule has 0 fully saturated rings. The zero-order valence-electron chi connectivity index (χ0n) is 11.6. The number of rotatable bonds is 5. The number of hydrogen-bond donors (Lipinski definition) is 2. The minimum atomic E-state index is -0.668. The van der Waals surface area contributed by atoms with E-state index in [9.17, 15) is 9.18 Å². The van der Waals surface area contributed by atoms with Crippen LogP contribution in [0.1, 0.15) is 10.4 Å². The highest BCUT2D eigenvalue weighted by molar-refractivity contribution is 6.32. The molecule has 0 atom stereocenters. The van der Waals surface area contributed by atoms with Crippen LogP contribution in [0.25, 0.3) is 0 Å². The van der Waals surface area contributed by atoms with E-state index in [2.05, 4.69) is 11.9 Å². The number of carbonyl (C=O) groups excluding carboxylic acids is 1. The lowest BCUT2D eigenvalue weighted by Gasteiger charge is -2.12. The first-order valence-electron chi connectivity index (χ1n) is 6.41. The van der Waals surface area contributed by atoms with E-state index < -0.39 is 11.7 Å². The fraction of sp³-hybridized carbons (Fsp3) is 0.0625. The molecule has 0 aliphatic carbocycles. The van der Waals surface area contributed by atoms with Crippen molar-refractivity contribution in [3.8, 4) is 5.75 Å². The number of amides is 1. The largest absolute Gasteiger partial charge is 0.488 e. The number of hydrogen-bond acceptors (Lipinski definition) is 3. The van der Waals surface area contributed by atoms with Crippen molar-refractivity contribution in [3.63, 3.8) is 0 Å². The van der Waals surface area contributed by atoms with Crippen molar-refractivity contribution >= 4 is 28.9 Å². The van der Waals surface area contributed by atoms with Crippen LogP contribution in [-0.2, 0) is 0 Å². The molecule has 2 aromatic carbocycles. The van der Waals surface area contributed by atoms with Crippen molar-refractivity contribution in [1.29, 1.82) is 0 Å². The SMILES string of the molecule is C=CCOc1cc(NC(=O)c2ccccc2N)c(F)cc1Cl. The molecule has 0 aromatic heterocycles. The van der Waals surface area contributed by atoms with Crippen molar-refractivity contribution in [2.24, 2.45) is 0 Å². The number of para-hydroxylation sites is 1. The predicted octanol–water partition coefficient (Wildman–Crippen LogP) is 3.88. The maximum atomic E-state index is 13.9. The highest BCUT2D eigenvalue weighted by Gasteiger charge is 2.14. The molecule has 4 nitrogen and oxygen atoms in total. The van der Waals surface area contributed by atoms with Gasteiger partial charge >= 0.3 is 0 Å². The van der Waals surface area contributed by atoms with Gasteiger partial charge in [-0.15, -0.1) is 0 Å². The summed E-state index contributed by atoms with van der Waals surface area (Å²) in [5, 5.41) is 2.56. The number of halogens is 2. The molecular weight excluding hydrogens is 307 g/mol. The van der Waals surface area contributed by atoms with Crippen LogP contribution in [0.5, 0.6) is 5.75 Å². The lowest BCUT2D eigenvalue weighted by Crippen LogP contribution is -2.15. The topological polar surface area (TPSA) is 64.3 Å². The van der Waals surface area contributed by atoms with Gasteiger partial charge in [0.15, 0.2) is 0 Å². The molecule has 1 amide bonds. The van der Waals surface area contributed by atoms with E-state index in [1.54, 1.807) is 24.3 Å². The molecule has 0 spiro atoms. The van der Waals surface area contributed by atoms with Gasteiger partial charge in [-0.2, -0.15) is 0 Å². The molecule has 114 valence electrons. The summed E-state index contributed by atoms with van der Waals surface area (Å²) < 4.78 is 19.2. The van der Waals surface area contributed by atoms with Gasteiger partial charge in [0.05, 0.1) is 16.3 Å². The quantitative estimate of drug-likeness (QED) is 0.649. The average molecular weight is 321 g/mol. The third-order valence-electron chi connectivity index (χ3n) is 2.83. The van der Waals surface area contributed by atoms with Crippen molar-refractivity contribution in [2.45, 2.75) is 0 Å². The zero-order valence-corrected chi connectivity index (χ0v) is 12.4. The van der Waals surface area contributed by atoms with Crippen LogP contribution in [-0.4, -0.2) is 12.5 Å². The van der Waals surface area contributed by atoms with Crippen LogP contribution in [0.3, 0.4) is 0 Å². The Hall–Kier alpha value is -2.53. The summed E-state index contributed by atoms with van der Waals surface area (Å²) >= 11 is 5.88. The second-order valence-electron chi connectivity index (χ2n) is 4.40. The first kappa shape index (κ1) is 15.9. The molecule has 0 radical (unpaired) electrons. The Morgan fingerprint density at radius 2 is 2.14 bits per heavy atom. The molecule has 0 bridgehead atoms. The van der Waals surface area contributed by atoms with Gasteiger partial charge in [0, 0.05) is 11.8 Å². The molecule has 2 aromatic rings. The van der Waals surface area contributed by atoms with Gasteiger partial charge in [0.2, 0.25) is 0 Å². The van der Waals surface area contributed by atoms with Crippen molar-refractivity contribution < 1.29 is 13.9 Å². The Morgan fingerprint density at radius 1 is 1.41 bits per heavy atom. The Labute approximate surface area is 132 Å². The van der Waals surface area contributed by atoms with Crippen molar-refractivity contribution in [2.75, 3.05) is 17.7 Å². The fourth-order valence-electron chi connectivity index (χ4n) is 1.78. The normalized spacial score (nSPS) is 10.1. The Kier molecular flexibility index (Phi) is 5.01. The first-order chi connectivity index (χ1) is 10.5. The van der Waals surface area contributed by atoms with Gasteiger partial charge in [0.25, 0.3) is 5.91 Å². The third kappa shape index (κ3) is 3.56. The number of benzene rings is 2. The van der Waals surface area contributed by atoms with Gasteiger partial charge < -0.3 is 15.8 Å². The second-order valence-corrected chi connectivity index (χ2v) is 4.81. The van der Waals surface area contributed by atoms with Crippen LogP contribution in [0.15, 0.2) is 49.1 Å². The van der Waals surface area contributed by atoms with Crippen LogP contribution in [0.4, 0.5) is 15.8 Å². The number of nitrogens with two attached hydrogens (primary N) is 1. The molecule has 0 saturated heterocycles. The molecule has 2 rings (SSSR count). The Balaban J connectivity index is 2.27. The van der Waals surface area contributed by atoms with Gasteiger partial charge in [-0.05, 0) is 18.2 Å². The van der Waals surface area contributed by atoms with Crippen molar-refractivity contribution in [1.82, 2.24) is 0 Å². The van der Waals surface area contributed by atoms with Gasteiger partial charge in [-0.3, -0.25) is 4.79 Å². The minimum Gasteiger partial charge on any atom is -0.488 e.